The van der Waals surface area contributed by atoms with Crippen molar-refractivity contribution in [2.75, 3.05) is 0 Å². The lowest BCUT2D eigenvalue weighted by Gasteiger charge is -2.27. The topological polar surface area (TPSA) is 156 Å². The summed E-state index contributed by atoms with van der Waals surface area (Å²) in [6.07, 6.45) is 5.72. The summed E-state index contributed by atoms with van der Waals surface area (Å²) in [6, 6.07) is 5.37. The highest BCUT2D eigenvalue weighted by atomic mass is 16.5. The highest BCUT2D eigenvalue weighted by molar-refractivity contribution is 5.70. The minimum atomic E-state index is -0.761. The molecule has 13 heteroatoms. The number of ether oxygens (including phenoxy) is 2. The van der Waals surface area contributed by atoms with E-state index in [4.69, 9.17) is 14.5 Å². The van der Waals surface area contributed by atoms with Crippen LogP contribution in [0.25, 0.3) is 17.2 Å². The molecule has 0 aromatic carbocycles. The lowest BCUT2D eigenvalue weighted by atomic mass is 9.87. The van der Waals surface area contributed by atoms with Crippen LogP contribution >= 0.6 is 0 Å². The number of hydrogen-bond acceptors (Lipinski definition) is 10. The van der Waals surface area contributed by atoms with Gasteiger partial charge in [-0.15, -0.1) is 15.3 Å². The second-order valence-electron chi connectivity index (χ2n) is 8.98. The van der Waals surface area contributed by atoms with Crippen LogP contribution < -0.4 is 9.47 Å². The summed E-state index contributed by atoms with van der Waals surface area (Å²) in [6.45, 7) is 3.85. The van der Waals surface area contributed by atoms with Crippen LogP contribution in [0.4, 0.5) is 0 Å². The van der Waals surface area contributed by atoms with Crippen molar-refractivity contribution >= 4 is 5.97 Å². The van der Waals surface area contributed by atoms with Gasteiger partial charge in [-0.3, -0.25) is 9.36 Å². The third kappa shape index (κ3) is 5.25. The number of rotatable bonds is 8. The molecule has 4 heterocycles. The van der Waals surface area contributed by atoms with E-state index < -0.39 is 5.97 Å². The van der Waals surface area contributed by atoms with Crippen molar-refractivity contribution in [3.8, 4) is 28.8 Å². The molecule has 1 N–H and O–H groups in total. The summed E-state index contributed by atoms with van der Waals surface area (Å²) >= 11 is 0. The van der Waals surface area contributed by atoms with Gasteiger partial charge < -0.3 is 14.6 Å². The van der Waals surface area contributed by atoms with E-state index in [1.54, 1.807) is 28.7 Å². The van der Waals surface area contributed by atoms with Gasteiger partial charge in [-0.2, -0.15) is 0 Å². The molecule has 0 aliphatic heterocycles. The van der Waals surface area contributed by atoms with Gasteiger partial charge in [-0.05, 0) is 51.7 Å². The lowest BCUT2D eigenvalue weighted by molar-refractivity contribution is -0.143. The zero-order chi connectivity index (χ0) is 25.9. The quantitative estimate of drug-likeness (QED) is 0.375. The van der Waals surface area contributed by atoms with Gasteiger partial charge in [0.2, 0.25) is 5.88 Å². The summed E-state index contributed by atoms with van der Waals surface area (Å²) in [4.78, 5) is 24.5. The Bertz CT molecular complexity index is 1420. The van der Waals surface area contributed by atoms with E-state index in [2.05, 4.69) is 30.5 Å². The van der Waals surface area contributed by atoms with Gasteiger partial charge in [0, 0.05) is 13.1 Å². The minimum absolute atomic E-state index is 0.138. The molecular weight excluding hydrogens is 478 g/mol. The van der Waals surface area contributed by atoms with Gasteiger partial charge in [-0.1, -0.05) is 5.21 Å². The molecule has 4 aromatic heterocycles. The summed E-state index contributed by atoms with van der Waals surface area (Å²) in [5.74, 6) is 1.19. The molecule has 1 fully saturated rings. The van der Waals surface area contributed by atoms with Gasteiger partial charge >= 0.3 is 5.97 Å². The van der Waals surface area contributed by atoms with E-state index in [1.165, 1.54) is 6.33 Å². The molecule has 0 unspecified atom stereocenters. The van der Waals surface area contributed by atoms with Gasteiger partial charge in [0.25, 0.3) is 0 Å². The number of pyridine rings is 1. The van der Waals surface area contributed by atoms with Crippen LogP contribution in [0.1, 0.15) is 42.9 Å². The third-order valence-electron chi connectivity index (χ3n) is 6.44. The Morgan fingerprint density at radius 1 is 1.19 bits per heavy atom. The predicted octanol–water partition coefficient (Wildman–Crippen LogP) is 2.47. The molecule has 13 nitrogen and oxygen atoms in total. The summed E-state index contributed by atoms with van der Waals surface area (Å²) in [5, 5.41) is 25.6. The van der Waals surface area contributed by atoms with E-state index in [0.717, 1.165) is 18.5 Å². The number of aliphatic carboxylic acids is 1. The van der Waals surface area contributed by atoms with Crippen LogP contribution in [0.2, 0.25) is 0 Å². The number of aromatic nitrogens is 9. The molecule has 0 radical (unpaired) electrons. The Hall–Kier alpha value is -4.42. The van der Waals surface area contributed by atoms with Crippen molar-refractivity contribution in [3.05, 3.63) is 48.1 Å². The molecule has 37 heavy (non-hydrogen) atoms. The first kappa shape index (κ1) is 24.3. The van der Waals surface area contributed by atoms with Gasteiger partial charge in [-0.25, -0.2) is 19.6 Å². The Kier molecular flexibility index (Phi) is 6.75. The molecule has 1 aliphatic carbocycles. The monoisotopic (exact) mass is 505 g/mol. The van der Waals surface area contributed by atoms with Crippen molar-refractivity contribution in [1.82, 2.24) is 44.7 Å². The first-order valence-corrected chi connectivity index (χ1v) is 12.0. The molecule has 0 saturated heterocycles. The van der Waals surface area contributed by atoms with Crippen LogP contribution in [0.5, 0.6) is 11.6 Å². The van der Waals surface area contributed by atoms with E-state index in [1.807, 2.05) is 26.0 Å². The third-order valence-corrected chi connectivity index (χ3v) is 6.44. The molecular formula is C24H27N9O4. The van der Waals surface area contributed by atoms with E-state index in [-0.39, 0.29) is 18.6 Å². The number of carbonyl (C=O) groups is 1. The van der Waals surface area contributed by atoms with Crippen LogP contribution in [0, 0.1) is 19.8 Å². The SMILES string of the molecule is Cc1nc(-c2nnn(C)c2COc2cc(-n3cnnc3C)ncn2)ccc1O[C@H]1CCC[C@H](C(=O)O)C1. The maximum Gasteiger partial charge on any atom is 0.306 e. The Balaban J connectivity index is 1.30. The molecule has 4 aromatic rings. The zero-order valence-corrected chi connectivity index (χ0v) is 20.8. The molecule has 192 valence electrons. The predicted molar refractivity (Wildman–Crippen MR) is 129 cm³/mol. The van der Waals surface area contributed by atoms with Crippen molar-refractivity contribution in [2.24, 2.45) is 13.0 Å². The number of carboxylic acid groups (broad SMARTS) is 1. The lowest BCUT2D eigenvalue weighted by Crippen LogP contribution is -2.29. The first-order valence-electron chi connectivity index (χ1n) is 12.0. The number of nitrogens with zero attached hydrogens (tertiary/aromatic N) is 9. The van der Waals surface area contributed by atoms with Crippen molar-refractivity contribution in [3.63, 3.8) is 0 Å². The van der Waals surface area contributed by atoms with Gasteiger partial charge in [0.15, 0.2) is 0 Å². The maximum absolute atomic E-state index is 11.4. The molecule has 5 rings (SSSR count). The highest BCUT2D eigenvalue weighted by Gasteiger charge is 2.28. The van der Waals surface area contributed by atoms with Crippen LogP contribution in [0.15, 0.2) is 30.9 Å². The summed E-state index contributed by atoms with van der Waals surface area (Å²) in [5.41, 5.74) is 2.63. The Morgan fingerprint density at radius 3 is 2.81 bits per heavy atom. The molecule has 0 spiro atoms. The van der Waals surface area contributed by atoms with Crippen LogP contribution in [0.3, 0.4) is 0 Å². The maximum atomic E-state index is 11.4. The van der Waals surface area contributed by atoms with E-state index in [9.17, 15) is 9.90 Å². The molecule has 2 atom stereocenters. The fraction of sp³-hybridized carbons (Fsp3) is 0.417. The molecule has 1 aliphatic rings. The van der Waals surface area contributed by atoms with Gasteiger partial charge in [0.1, 0.15) is 48.0 Å². The van der Waals surface area contributed by atoms with Crippen molar-refractivity contribution < 1.29 is 19.4 Å². The second kappa shape index (κ2) is 10.3. The Labute approximate surface area is 212 Å². The second-order valence-corrected chi connectivity index (χ2v) is 8.98. The fourth-order valence-corrected chi connectivity index (χ4v) is 4.40. The fourth-order valence-electron chi connectivity index (χ4n) is 4.40. The minimum Gasteiger partial charge on any atom is -0.489 e. The average Bonchev–Trinajstić information content (AvgIpc) is 3.49. The van der Waals surface area contributed by atoms with E-state index in [0.29, 0.717) is 53.2 Å². The number of aryl methyl sites for hydroxylation is 3. The largest absolute Gasteiger partial charge is 0.489 e. The first-order chi connectivity index (χ1) is 17.9. The summed E-state index contributed by atoms with van der Waals surface area (Å²) in [7, 11) is 1.79. The van der Waals surface area contributed by atoms with E-state index >= 15 is 0 Å². The van der Waals surface area contributed by atoms with Gasteiger partial charge in [0.05, 0.1) is 23.4 Å². The zero-order valence-electron chi connectivity index (χ0n) is 20.8. The Morgan fingerprint density at radius 2 is 2.05 bits per heavy atom. The molecule has 0 amide bonds. The standard InChI is InChI=1S/C24H27N9O4/c1-14-20(37-17-6-4-5-16(9-17)24(34)35)8-7-18(28-14)23-19(32(3)31-30-23)11-36-22-10-21(25-12-26-22)33-13-27-29-15(33)2/h7-8,10,12-13,16-17H,4-6,9,11H2,1-3H3,(H,34,35)/t16-,17-/m0/s1. The van der Waals surface area contributed by atoms with Crippen LogP contribution in [-0.2, 0) is 18.4 Å². The molecule has 0 bridgehead atoms. The normalized spacial score (nSPS) is 17.5. The number of hydrogen-bond donors (Lipinski definition) is 1. The smallest absolute Gasteiger partial charge is 0.306 e. The average molecular weight is 506 g/mol. The van der Waals surface area contributed by atoms with Crippen molar-refractivity contribution in [2.45, 2.75) is 52.2 Å². The van der Waals surface area contributed by atoms with Crippen molar-refractivity contribution in [1.29, 1.82) is 0 Å². The molecule has 1 saturated carbocycles. The highest BCUT2D eigenvalue weighted by Crippen LogP contribution is 2.30. The number of carboxylic acids is 1. The van der Waals surface area contributed by atoms with Crippen LogP contribution in [-0.4, -0.2) is 61.9 Å². The summed E-state index contributed by atoms with van der Waals surface area (Å²) < 4.78 is 15.4.